The van der Waals surface area contributed by atoms with E-state index in [0.717, 1.165) is 44.5 Å². The molecule has 0 unspecified atom stereocenters. The van der Waals surface area contributed by atoms with Crippen LogP contribution < -0.4 is 9.44 Å². The fourth-order valence-corrected chi connectivity index (χ4v) is 5.21. The van der Waals surface area contributed by atoms with Crippen molar-refractivity contribution in [3.8, 4) is 22.3 Å². The molecule has 2 N–H and O–H groups in total. The van der Waals surface area contributed by atoms with E-state index in [-0.39, 0.29) is 0 Å². The molecular formula is C28H28N2O2S. The molecule has 0 radical (unpaired) electrons. The van der Waals surface area contributed by atoms with Gasteiger partial charge in [-0.15, -0.1) is 0 Å². The van der Waals surface area contributed by atoms with Crippen LogP contribution in [0.5, 0.6) is 0 Å². The van der Waals surface area contributed by atoms with Crippen molar-refractivity contribution in [3.63, 3.8) is 0 Å². The molecule has 0 fully saturated rings. The van der Waals surface area contributed by atoms with Gasteiger partial charge in [-0.1, -0.05) is 72.8 Å². The number of aryl methyl sites for hydroxylation is 4. The Bertz CT molecular complexity index is 1320. The maximum absolute atomic E-state index is 13.3. The first-order valence-corrected chi connectivity index (χ1v) is 12.4. The third-order valence-electron chi connectivity index (χ3n) is 5.86. The number of hydrogen-bond acceptors (Lipinski definition) is 2. The summed E-state index contributed by atoms with van der Waals surface area (Å²) in [6.45, 7) is 8.03. The van der Waals surface area contributed by atoms with Crippen LogP contribution >= 0.6 is 0 Å². The summed E-state index contributed by atoms with van der Waals surface area (Å²) >= 11 is 0. The smallest absolute Gasteiger partial charge is 0.266 e. The molecule has 33 heavy (non-hydrogen) atoms. The van der Waals surface area contributed by atoms with E-state index in [0.29, 0.717) is 11.4 Å². The molecule has 0 aliphatic heterocycles. The summed E-state index contributed by atoms with van der Waals surface area (Å²) in [7, 11) is -3.91. The summed E-state index contributed by atoms with van der Waals surface area (Å²) < 4.78 is 32.2. The predicted octanol–water partition coefficient (Wildman–Crippen LogP) is 7.02. The first-order chi connectivity index (χ1) is 15.8. The van der Waals surface area contributed by atoms with Gasteiger partial charge in [-0.25, -0.2) is 0 Å². The molecule has 0 saturated heterocycles. The molecule has 0 aliphatic rings. The molecular weight excluding hydrogens is 428 g/mol. The molecule has 0 heterocycles. The minimum Gasteiger partial charge on any atom is -0.266 e. The Morgan fingerprint density at radius 2 is 0.848 bits per heavy atom. The molecule has 168 valence electrons. The second-order valence-corrected chi connectivity index (χ2v) is 9.75. The van der Waals surface area contributed by atoms with Gasteiger partial charge in [-0.2, -0.15) is 8.42 Å². The van der Waals surface area contributed by atoms with Gasteiger partial charge in [0.15, 0.2) is 0 Å². The largest absolute Gasteiger partial charge is 0.321 e. The maximum Gasteiger partial charge on any atom is 0.321 e. The maximum atomic E-state index is 13.3. The van der Waals surface area contributed by atoms with E-state index in [2.05, 4.69) is 9.44 Å². The van der Waals surface area contributed by atoms with E-state index < -0.39 is 10.2 Å². The van der Waals surface area contributed by atoms with Crippen molar-refractivity contribution < 1.29 is 8.42 Å². The third-order valence-corrected chi connectivity index (χ3v) is 6.84. The highest BCUT2D eigenvalue weighted by atomic mass is 32.2. The van der Waals surface area contributed by atoms with Gasteiger partial charge < -0.3 is 0 Å². The molecule has 4 rings (SSSR count). The standard InChI is InChI=1S/C28H28N2O2S/c1-19-11-5-7-15-23(19)27-21(3)13-9-17-25(27)29-33(31,32)30-26-18-10-14-22(4)28(26)24-16-8-6-12-20(24)2/h5-18,29-30H,1-4H3. The van der Waals surface area contributed by atoms with Crippen LogP contribution in [-0.4, -0.2) is 8.42 Å². The van der Waals surface area contributed by atoms with Crippen LogP contribution in [0.2, 0.25) is 0 Å². The molecule has 0 spiro atoms. The highest BCUT2D eigenvalue weighted by Gasteiger charge is 2.19. The van der Waals surface area contributed by atoms with E-state index in [1.54, 1.807) is 12.1 Å². The van der Waals surface area contributed by atoms with E-state index in [1.165, 1.54) is 0 Å². The van der Waals surface area contributed by atoms with Crippen LogP contribution in [0.25, 0.3) is 22.3 Å². The van der Waals surface area contributed by atoms with Crippen LogP contribution in [0.15, 0.2) is 84.9 Å². The van der Waals surface area contributed by atoms with Gasteiger partial charge in [0, 0.05) is 11.1 Å². The SMILES string of the molecule is Cc1ccccc1-c1c(C)cccc1NS(=O)(=O)Nc1cccc(C)c1-c1ccccc1C. The Balaban J connectivity index is 1.74. The van der Waals surface area contributed by atoms with Gasteiger partial charge in [-0.3, -0.25) is 9.44 Å². The molecule has 5 heteroatoms. The Morgan fingerprint density at radius 3 is 1.24 bits per heavy atom. The second kappa shape index (κ2) is 9.12. The van der Waals surface area contributed by atoms with Gasteiger partial charge in [0.25, 0.3) is 0 Å². The fraction of sp³-hybridized carbons (Fsp3) is 0.143. The first kappa shape index (κ1) is 22.6. The third kappa shape index (κ3) is 4.78. The van der Waals surface area contributed by atoms with Crippen molar-refractivity contribution in [3.05, 3.63) is 107 Å². The van der Waals surface area contributed by atoms with Crippen molar-refractivity contribution in [1.82, 2.24) is 0 Å². The van der Waals surface area contributed by atoms with Crippen molar-refractivity contribution in [1.29, 1.82) is 0 Å². The van der Waals surface area contributed by atoms with Gasteiger partial charge in [0.05, 0.1) is 11.4 Å². The van der Waals surface area contributed by atoms with Crippen molar-refractivity contribution in [2.24, 2.45) is 0 Å². The lowest BCUT2D eigenvalue weighted by atomic mass is 9.95. The lowest BCUT2D eigenvalue weighted by molar-refractivity contribution is 0.606. The number of rotatable bonds is 6. The highest BCUT2D eigenvalue weighted by molar-refractivity contribution is 7.94. The summed E-state index contributed by atoms with van der Waals surface area (Å²) in [6, 6.07) is 27.3. The molecule has 0 aromatic heterocycles. The topological polar surface area (TPSA) is 58.2 Å². The van der Waals surface area contributed by atoms with E-state index in [4.69, 9.17) is 0 Å². The zero-order valence-electron chi connectivity index (χ0n) is 19.3. The van der Waals surface area contributed by atoms with Gasteiger partial charge in [-0.05, 0) is 73.2 Å². The van der Waals surface area contributed by atoms with E-state index >= 15 is 0 Å². The van der Waals surface area contributed by atoms with E-state index in [9.17, 15) is 8.42 Å². The number of anilines is 2. The molecule has 4 aromatic rings. The molecule has 0 amide bonds. The Morgan fingerprint density at radius 1 is 0.485 bits per heavy atom. The first-order valence-electron chi connectivity index (χ1n) is 10.9. The zero-order valence-corrected chi connectivity index (χ0v) is 20.1. The normalized spacial score (nSPS) is 11.3. The van der Waals surface area contributed by atoms with Crippen molar-refractivity contribution in [2.45, 2.75) is 27.7 Å². The lowest BCUT2D eigenvalue weighted by Gasteiger charge is -2.19. The summed E-state index contributed by atoms with van der Waals surface area (Å²) in [5.41, 5.74) is 9.02. The van der Waals surface area contributed by atoms with Crippen LogP contribution in [0.3, 0.4) is 0 Å². The summed E-state index contributed by atoms with van der Waals surface area (Å²) in [4.78, 5) is 0. The average molecular weight is 457 g/mol. The van der Waals surface area contributed by atoms with Crippen LogP contribution in [-0.2, 0) is 10.2 Å². The Hall–Kier alpha value is -3.57. The molecule has 0 aliphatic carbocycles. The average Bonchev–Trinajstić information content (AvgIpc) is 2.75. The number of benzene rings is 4. The second-order valence-electron chi connectivity index (χ2n) is 8.33. The van der Waals surface area contributed by atoms with Gasteiger partial charge in [0.2, 0.25) is 0 Å². The van der Waals surface area contributed by atoms with Crippen molar-refractivity contribution in [2.75, 3.05) is 9.44 Å². The van der Waals surface area contributed by atoms with Gasteiger partial charge >= 0.3 is 10.2 Å². The van der Waals surface area contributed by atoms with E-state index in [1.807, 2.05) is 100 Å². The zero-order chi connectivity index (χ0) is 23.6. The molecule has 0 bridgehead atoms. The molecule has 0 saturated carbocycles. The monoisotopic (exact) mass is 456 g/mol. The van der Waals surface area contributed by atoms with Crippen LogP contribution in [0.4, 0.5) is 11.4 Å². The Labute approximate surface area is 196 Å². The summed E-state index contributed by atoms with van der Waals surface area (Å²) in [5, 5.41) is 0. The quantitative estimate of drug-likeness (QED) is 0.327. The number of nitrogens with one attached hydrogen (secondary N) is 2. The van der Waals surface area contributed by atoms with Crippen LogP contribution in [0, 0.1) is 27.7 Å². The van der Waals surface area contributed by atoms with Gasteiger partial charge in [0.1, 0.15) is 0 Å². The lowest BCUT2D eigenvalue weighted by Crippen LogP contribution is -2.22. The molecule has 0 atom stereocenters. The van der Waals surface area contributed by atoms with Crippen LogP contribution in [0.1, 0.15) is 22.3 Å². The fourth-order valence-electron chi connectivity index (χ4n) is 4.24. The van der Waals surface area contributed by atoms with Crippen molar-refractivity contribution >= 4 is 21.6 Å². The minimum atomic E-state index is -3.91. The highest BCUT2D eigenvalue weighted by Crippen LogP contribution is 2.36. The Kier molecular flexibility index (Phi) is 6.25. The minimum absolute atomic E-state index is 0.543. The summed E-state index contributed by atoms with van der Waals surface area (Å²) in [5.74, 6) is 0. The predicted molar refractivity (Wildman–Crippen MR) is 139 cm³/mol. The summed E-state index contributed by atoms with van der Waals surface area (Å²) in [6.07, 6.45) is 0. The molecule has 4 aromatic carbocycles. The number of hydrogen-bond donors (Lipinski definition) is 2. The molecule has 4 nitrogen and oxygen atoms in total.